The van der Waals surface area contributed by atoms with Crippen LogP contribution < -0.4 is 16.8 Å². The number of carbonyl (C=O) groups excluding carboxylic acids is 1. The number of unbranched alkanes of at least 4 members (excludes halogenated alkanes) is 1. The summed E-state index contributed by atoms with van der Waals surface area (Å²) in [6.45, 7) is 6.40. The molecule has 0 saturated heterocycles. The number of rotatable bonds is 16. The number of hydrogen-bond donors (Lipinski definition) is 4. The van der Waals surface area contributed by atoms with E-state index >= 15 is 0 Å². The van der Waals surface area contributed by atoms with E-state index in [-0.39, 0.29) is 16.7 Å². The first kappa shape index (κ1) is 33.3. The Hall–Kier alpha value is -3.24. The Bertz CT molecular complexity index is 1290. The third-order valence-electron chi connectivity index (χ3n) is 7.55. The van der Waals surface area contributed by atoms with Crippen molar-refractivity contribution in [1.29, 1.82) is 0 Å². The van der Waals surface area contributed by atoms with Gasteiger partial charge in [-0.05, 0) is 67.5 Å². The van der Waals surface area contributed by atoms with Crippen LogP contribution in [-0.4, -0.2) is 55.0 Å². The van der Waals surface area contributed by atoms with Crippen LogP contribution in [0.5, 0.6) is 0 Å². The third-order valence-corrected chi connectivity index (χ3v) is 9.48. The van der Waals surface area contributed by atoms with E-state index in [9.17, 15) is 18.3 Å². The van der Waals surface area contributed by atoms with Crippen molar-refractivity contribution in [2.75, 3.05) is 18.8 Å². The molecule has 3 aromatic rings. The predicted molar refractivity (Wildman–Crippen MR) is 169 cm³/mol. The number of nitrogens with one attached hydrogen (secondary N) is 1. The lowest BCUT2D eigenvalue weighted by molar-refractivity contribution is -0.122. The molecule has 1 amide bonds. The van der Waals surface area contributed by atoms with Crippen molar-refractivity contribution in [3.8, 4) is 0 Å². The van der Waals surface area contributed by atoms with Gasteiger partial charge in [-0.2, -0.15) is 4.31 Å². The minimum atomic E-state index is -3.86. The second kappa shape index (κ2) is 15.8. The van der Waals surface area contributed by atoms with Gasteiger partial charge in [0.05, 0.1) is 23.1 Å². The maximum absolute atomic E-state index is 13.7. The Balaban J connectivity index is 1.64. The zero-order valence-corrected chi connectivity index (χ0v) is 25.7. The lowest BCUT2D eigenvalue weighted by atomic mass is 9.85. The molecule has 0 aliphatic rings. The van der Waals surface area contributed by atoms with Crippen LogP contribution in [0.2, 0.25) is 0 Å². The average Bonchev–Trinajstić information content (AvgIpc) is 2.97. The zero-order chi connectivity index (χ0) is 30.7. The molecule has 0 aliphatic heterocycles. The molecule has 3 rings (SSSR count). The van der Waals surface area contributed by atoms with Gasteiger partial charge in [-0.3, -0.25) is 4.79 Å². The molecule has 0 aliphatic carbocycles. The van der Waals surface area contributed by atoms with Crippen LogP contribution in [0.15, 0.2) is 89.8 Å². The van der Waals surface area contributed by atoms with E-state index in [0.717, 1.165) is 11.1 Å². The molecule has 8 nitrogen and oxygen atoms in total. The van der Waals surface area contributed by atoms with Gasteiger partial charge in [0, 0.05) is 24.7 Å². The molecule has 6 N–H and O–H groups in total. The van der Waals surface area contributed by atoms with Crippen LogP contribution in [0.4, 0.5) is 5.69 Å². The summed E-state index contributed by atoms with van der Waals surface area (Å²) in [5.41, 5.74) is 14.7. The van der Waals surface area contributed by atoms with Gasteiger partial charge >= 0.3 is 0 Å². The highest BCUT2D eigenvalue weighted by atomic mass is 32.2. The Morgan fingerprint density at radius 3 is 1.90 bits per heavy atom. The van der Waals surface area contributed by atoms with Crippen LogP contribution in [0.25, 0.3) is 0 Å². The summed E-state index contributed by atoms with van der Waals surface area (Å²) < 4.78 is 28.7. The summed E-state index contributed by atoms with van der Waals surface area (Å²) in [6.07, 6.45) is 1.46. The van der Waals surface area contributed by atoms with Crippen molar-refractivity contribution in [1.82, 2.24) is 9.62 Å². The van der Waals surface area contributed by atoms with Crippen molar-refractivity contribution in [3.05, 3.63) is 96.1 Å². The van der Waals surface area contributed by atoms with E-state index < -0.39 is 28.2 Å². The van der Waals surface area contributed by atoms with Gasteiger partial charge < -0.3 is 21.9 Å². The van der Waals surface area contributed by atoms with Gasteiger partial charge in [0.25, 0.3) is 0 Å². The van der Waals surface area contributed by atoms with Crippen molar-refractivity contribution < 1.29 is 18.3 Å². The molecule has 0 aromatic heterocycles. The Labute approximate surface area is 251 Å². The molecule has 3 unspecified atom stereocenters. The molecule has 0 saturated carbocycles. The molecular formula is C33H46N4O4S. The van der Waals surface area contributed by atoms with E-state index in [1.54, 1.807) is 19.1 Å². The fraction of sp³-hybridized carbons (Fsp3) is 0.424. The lowest BCUT2D eigenvalue weighted by Gasteiger charge is -2.33. The van der Waals surface area contributed by atoms with Crippen LogP contribution in [0.1, 0.15) is 63.5 Å². The SMILES string of the molecule is CC(C)CCN(C(CCCCNC(=O)C(N)C(c1ccccc1)c1ccccc1)C(C)O)S(=O)(=O)c1ccc(N)cc1. The number of hydrogen-bond acceptors (Lipinski definition) is 6. The molecule has 0 spiro atoms. The zero-order valence-electron chi connectivity index (χ0n) is 24.9. The fourth-order valence-corrected chi connectivity index (χ4v) is 6.87. The summed E-state index contributed by atoms with van der Waals surface area (Å²) in [5, 5.41) is 13.7. The van der Waals surface area contributed by atoms with Crippen molar-refractivity contribution in [3.63, 3.8) is 0 Å². The van der Waals surface area contributed by atoms with Gasteiger partial charge in [0.15, 0.2) is 0 Å². The molecule has 0 heterocycles. The molecule has 0 fully saturated rings. The van der Waals surface area contributed by atoms with E-state index in [2.05, 4.69) is 5.32 Å². The highest BCUT2D eigenvalue weighted by Crippen LogP contribution is 2.28. The van der Waals surface area contributed by atoms with E-state index in [4.69, 9.17) is 11.5 Å². The number of nitrogens with two attached hydrogens (primary N) is 2. The number of amides is 1. The number of carbonyl (C=O) groups is 1. The highest BCUT2D eigenvalue weighted by molar-refractivity contribution is 7.89. The number of benzene rings is 3. The Morgan fingerprint density at radius 2 is 1.40 bits per heavy atom. The van der Waals surface area contributed by atoms with Gasteiger partial charge in [-0.25, -0.2) is 8.42 Å². The topological polar surface area (TPSA) is 139 Å². The first-order valence-electron chi connectivity index (χ1n) is 14.7. The van der Waals surface area contributed by atoms with E-state index in [1.807, 2.05) is 74.5 Å². The molecule has 228 valence electrons. The third kappa shape index (κ3) is 9.13. The maximum Gasteiger partial charge on any atom is 0.243 e. The Kier molecular flexibility index (Phi) is 12.5. The lowest BCUT2D eigenvalue weighted by Crippen LogP contribution is -2.47. The number of nitrogen functional groups attached to an aromatic ring is 1. The normalized spacial score (nSPS) is 14.2. The highest BCUT2D eigenvalue weighted by Gasteiger charge is 2.34. The molecule has 42 heavy (non-hydrogen) atoms. The largest absolute Gasteiger partial charge is 0.399 e. The molecule has 3 aromatic carbocycles. The van der Waals surface area contributed by atoms with Gasteiger partial charge in [-0.1, -0.05) is 80.9 Å². The first-order chi connectivity index (χ1) is 20.0. The second-order valence-corrected chi connectivity index (χ2v) is 13.2. The predicted octanol–water partition coefficient (Wildman–Crippen LogP) is 4.50. The minimum Gasteiger partial charge on any atom is -0.399 e. The van der Waals surface area contributed by atoms with Crippen LogP contribution in [-0.2, 0) is 14.8 Å². The second-order valence-electron chi connectivity index (χ2n) is 11.3. The molecule has 0 bridgehead atoms. The van der Waals surface area contributed by atoms with E-state index in [1.165, 1.54) is 16.4 Å². The molecular weight excluding hydrogens is 548 g/mol. The van der Waals surface area contributed by atoms with Crippen molar-refractivity contribution in [2.45, 2.75) is 75.5 Å². The summed E-state index contributed by atoms with van der Waals surface area (Å²) >= 11 is 0. The first-order valence-corrected chi connectivity index (χ1v) is 16.1. The van der Waals surface area contributed by atoms with Gasteiger partial charge in [0.1, 0.15) is 0 Å². The van der Waals surface area contributed by atoms with Crippen LogP contribution >= 0.6 is 0 Å². The standard InChI is InChI=1S/C33H46N4O4S/c1-24(2)21-23-37(42(40,41)29-19-17-28(34)18-20-29)30(25(3)38)16-10-11-22-36-33(39)32(35)31(26-12-6-4-7-13-26)27-14-8-5-9-15-27/h4-9,12-15,17-20,24-25,30-32,38H,10-11,16,21-23,34-35H2,1-3H3,(H,36,39). The van der Waals surface area contributed by atoms with Gasteiger partial charge in [-0.15, -0.1) is 0 Å². The molecule has 9 heteroatoms. The monoisotopic (exact) mass is 594 g/mol. The van der Waals surface area contributed by atoms with Crippen molar-refractivity contribution in [2.24, 2.45) is 11.7 Å². The van der Waals surface area contributed by atoms with Crippen molar-refractivity contribution >= 4 is 21.6 Å². The summed E-state index contributed by atoms with van der Waals surface area (Å²) in [4.78, 5) is 13.3. The maximum atomic E-state index is 13.7. The average molecular weight is 595 g/mol. The Morgan fingerprint density at radius 1 is 0.857 bits per heavy atom. The van der Waals surface area contributed by atoms with Crippen LogP contribution in [0.3, 0.4) is 0 Å². The minimum absolute atomic E-state index is 0.152. The summed E-state index contributed by atoms with van der Waals surface area (Å²) in [7, 11) is -3.86. The summed E-state index contributed by atoms with van der Waals surface area (Å²) in [5.74, 6) is -0.247. The number of sulfonamides is 1. The fourth-order valence-electron chi connectivity index (χ4n) is 5.14. The number of nitrogens with zero attached hydrogens (tertiary/aromatic N) is 1. The van der Waals surface area contributed by atoms with Crippen LogP contribution in [0, 0.1) is 5.92 Å². The van der Waals surface area contributed by atoms with E-state index in [0.29, 0.717) is 50.4 Å². The molecule has 3 atom stereocenters. The number of aliphatic hydroxyl groups excluding tert-OH is 1. The number of anilines is 1. The summed E-state index contributed by atoms with van der Waals surface area (Å²) in [6, 6.07) is 24.3. The smallest absolute Gasteiger partial charge is 0.243 e. The molecule has 0 radical (unpaired) electrons. The quantitative estimate of drug-likeness (QED) is 0.142. The number of aliphatic hydroxyl groups is 1. The van der Waals surface area contributed by atoms with Gasteiger partial charge in [0.2, 0.25) is 15.9 Å².